The van der Waals surface area contributed by atoms with Crippen LogP contribution in [0.4, 0.5) is 4.79 Å². The number of carbonyl (C=O) groups is 3. The summed E-state index contributed by atoms with van der Waals surface area (Å²) in [5, 5.41) is 5.71. The summed E-state index contributed by atoms with van der Waals surface area (Å²) in [6.45, 7) is 19.2. The van der Waals surface area contributed by atoms with E-state index in [1.54, 1.807) is 32.6 Å². The Bertz CT molecular complexity index is 868. The topological polar surface area (TPSA) is 87.7 Å². The summed E-state index contributed by atoms with van der Waals surface area (Å²) < 4.78 is 5.34. The lowest BCUT2D eigenvalue weighted by Crippen LogP contribution is -2.54. The van der Waals surface area contributed by atoms with Crippen molar-refractivity contribution in [2.75, 3.05) is 6.54 Å². The first-order chi connectivity index (χ1) is 16.1. The fourth-order valence-electron chi connectivity index (χ4n) is 3.89. The van der Waals surface area contributed by atoms with Crippen molar-refractivity contribution in [3.63, 3.8) is 0 Å². The second kappa shape index (κ2) is 12.9. The highest BCUT2D eigenvalue weighted by molar-refractivity contribution is 5.92. The van der Waals surface area contributed by atoms with Gasteiger partial charge in [-0.2, -0.15) is 0 Å². The van der Waals surface area contributed by atoms with Gasteiger partial charge in [0, 0.05) is 12.1 Å². The lowest BCUT2D eigenvalue weighted by atomic mass is 9.95. The first-order valence-electron chi connectivity index (χ1n) is 12.7. The van der Waals surface area contributed by atoms with Crippen molar-refractivity contribution < 1.29 is 19.1 Å². The van der Waals surface area contributed by atoms with E-state index in [2.05, 4.69) is 17.6 Å². The molecule has 0 heterocycles. The van der Waals surface area contributed by atoms with Crippen molar-refractivity contribution in [3.8, 4) is 0 Å². The van der Waals surface area contributed by atoms with Gasteiger partial charge in [-0.1, -0.05) is 49.9 Å². The van der Waals surface area contributed by atoms with Crippen LogP contribution in [0.1, 0.15) is 104 Å². The predicted molar refractivity (Wildman–Crippen MR) is 141 cm³/mol. The van der Waals surface area contributed by atoms with Crippen LogP contribution in [0.5, 0.6) is 0 Å². The molecule has 0 bridgehead atoms. The van der Waals surface area contributed by atoms with E-state index < -0.39 is 29.3 Å². The molecule has 0 aromatic heterocycles. The summed E-state index contributed by atoms with van der Waals surface area (Å²) >= 11 is 0. The van der Waals surface area contributed by atoms with E-state index in [-0.39, 0.29) is 11.8 Å². The van der Waals surface area contributed by atoms with E-state index in [0.717, 1.165) is 42.4 Å². The van der Waals surface area contributed by atoms with Crippen LogP contribution in [0.2, 0.25) is 0 Å². The fraction of sp³-hybridized carbons (Fsp3) is 0.679. The van der Waals surface area contributed by atoms with Gasteiger partial charge in [-0.15, -0.1) is 0 Å². The molecule has 2 unspecified atom stereocenters. The van der Waals surface area contributed by atoms with Gasteiger partial charge in [-0.25, -0.2) is 4.79 Å². The number of nitrogens with one attached hydrogen (secondary N) is 2. The number of benzene rings is 1. The van der Waals surface area contributed by atoms with Crippen LogP contribution in [0.15, 0.2) is 18.2 Å². The first-order valence-corrected chi connectivity index (χ1v) is 12.7. The molecule has 0 fully saturated rings. The summed E-state index contributed by atoms with van der Waals surface area (Å²) in [6, 6.07) is 4.24. The number of alkyl carbamates (subject to hydrolysis) is 1. The summed E-state index contributed by atoms with van der Waals surface area (Å²) in [7, 11) is 0. The summed E-state index contributed by atoms with van der Waals surface area (Å²) in [6.07, 6.45) is 3.18. The average Bonchev–Trinajstić information content (AvgIpc) is 2.68. The van der Waals surface area contributed by atoms with E-state index in [1.165, 1.54) is 0 Å². The van der Waals surface area contributed by atoms with Crippen LogP contribution >= 0.6 is 0 Å². The third kappa shape index (κ3) is 10.7. The third-order valence-corrected chi connectivity index (χ3v) is 5.42. The largest absolute Gasteiger partial charge is 0.444 e. The fourth-order valence-corrected chi connectivity index (χ4v) is 3.89. The Hall–Kier alpha value is -2.57. The van der Waals surface area contributed by atoms with E-state index >= 15 is 0 Å². The van der Waals surface area contributed by atoms with Crippen LogP contribution in [0.3, 0.4) is 0 Å². The molecule has 2 N–H and O–H groups in total. The zero-order chi connectivity index (χ0) is 27.0. The Labute approximate surface area is 212 Å². The van der Waals surface area contributed by atoms with Gasteiger partial charge >= 0.3 is 6.09 Å². The zero-order valence-electron chi connectivity index (χ0n) is 23.5. The molecule has 0 aliphatic rings. The van der Waals surface area contributed by atoms with Gasteiger partial charge < -0.3 is 20.3 Å². The van der Waals surface area contributed by atoms with Crippen LogP contribution in [-0.2, 0) is 14.3 Å². The van der Waals surface area contributed by atoms with Gasteiger partial charge in [-0.05, 0) is 79.9 Å². The highest BCUT2D eigenvalue weighted by Gasteiger charge is 2.36. The molecule has 0 saturated heterocycles. The second-order valence-electron chi connectivity index (χ2n) is 11.5. The molecule has 7 heteroatoms. The van der Waals surface area contributed by atoms with Crippen molar-refractivity contribution in [3.05, 3.63) is 34.9 Å². The lowest BCUT2D eigenvalue weighted by molar-refractivity contribution is -0.142. The zero-order valence-corrected chi connectivity index (χ0v) is 23.5. The molecule has 1 rings (SSSR count). The molecule has 0 aliphatic carbocycles. The molecule has 0 aliphatic heterocycles. The number of carbonyl (C=O) groups excluding carboxylic acids is 3. The molecular formula is C28H47N3O4. The molecule has 7 nitrogen and oxygen atoms in total. The standard InChI is InChI=1S/C28H47N3O4/c1-11-12-13-14-17-31(25(33)21(4)29-26(34)35-28(8,9)10)23(24(32)30-27(5,6)7)22-16-15-19(2)18-20(22)3/h15-16,18,21,23H,11-14,17H2,1-10H3,(H,29,34)(H,30,32). The summed E-state index contributed by atoms with van der Waals surface area (Å²) in [4.78, 5) is 41.4. The van der Waals surface area contributed by atoms with Gasteiger partial charge in [0.2, 0.25) is 11.8 Å². The number of nitrogens with zero attached hydrogens (tertiary/aromatic N) is 1. The summed E-state index contributed by atoms with van der Waals surface area (Å²) in [5.41, 5.74) is 1.66. The minimum Gasteiger partial charge on any atom is -0.444 e. The quantitative estimate of drug-likeness (QED) is 0.420. The van der Waals surface area contributed by atoms with Gasteiger partial charge in [0.15, 0.2) is 0 Å². The maximum atomic E-state index is 13.7. The molecule has 198 valence electrons. The van der Waals surface area contributed by atoms with Crippen LogP contribution < -0.4 is 10.6 Å². The van der Waals surface area contributed by atoms with Crippen LogP contribution in [-0.4, -0.2) is 46.5 Å². The molecule has 35 heavy (non-hydrogen) atoms. The van der Waals surface area contributed by atoms with Crippen molar-refractivity contribution in [1.29, 1.82) is 0 Å². The smallest absolute Gasteiger partial charge is 0.408 e. The van der Waals surface area contributed by atoms with Crippen molar-refractivity contribution in [1.82, 2.24) is 15.5 Å². The van der Waals surface area contributed by atoms with Crippen molar-refractivity contribution >= 4 is 17.9 Å². The van der Waals surface area contributed by atoms with Crippen molar-refractivity contribution in [2.24, 2.45) is 0 Å². The Balaban J connectivity index is 3.41. The molecule has 0 radical (unpaired) electrons. The van der Waals surface area contributed by atoms with Crippen molar-refractivity contribution in [2.45, 2.75) is 118 Å². The van der Waals surface area contributed by atoms with Gasteiger partial charge in [0.05, 0.1) is 0 Å². The molecule has 2 atom stereocenters. The van der Waals surface area contributed by atoms with Gasteiger partial charge in [-0.3, -0.25) is 9.59 Å². The Morgan fingerprint density at radius 2 is 1.63 bits per heavy atom. The number of aryl methyl sites for hydroxylation is 2. The van der Waals surface area contributed by atoms with Gasteiger partial charge in [0.25, 0.3) is 0 Å². The number of rotatable bonds is 10. The molecule has 0 saturated carbocycles. The number of hydrogen-bond donors (Lipinski definition) is 2. The number of ether oxygens (including phenoxy) is 1. The average molecular weight is 490 g/mol. The maximum absolute atomic E-state index is 13.7. The monoisotopic (exact) mass is 489 g/mol. The van der Waals surface area contributed by atoms with E-state index in [4.69, 9.17) is 4.74 Å². The van der Waals surface area contributed by atoms with Gasteiger partial charge in [0.1, 0.15) is 17.7 Å². The maximum Gasteiger partial charge on any atom is 0.408 e. The minimum atomic E-state index is -0.855. The summed E-state index contributed by atoms with van der Waals surface area (Å²) in [5.74, 6) is -0.556. The lowest BCUT2D eigenvalue weighted by Gasteiger charge is -2.36. The molecule has 0 spiro atoms. The second-order valence-corrected chi connectivity index (χ2v) is 11.5. The molecular weight excluding hydrogens is 442 g/mol. The highest BCUT2D eigenvalue weighted by atomic mass is 16.6. The third-order valence-electron chi connectivity index (χ3n) is 5.42. The minimum absolute atomic E-state index is 0.238. The normalized spacial score (nSPS) is 13.5. The SMILES string of the molecule is CCCCCCN(C(=O)C(C)NC(=O)OC(C)(C)C)C(C(=O)NC(C)(C)C)c1ccc(C)cc1C. The molecule has 1 aromatic carbocycles. The number of hydrogen-bond acceptors (Lipinski definition) is 4. The predicted octanol–water partition coefficient (Wildman–Crippen LogP) is 5.58. The molecule has 3 amide bonds. The Morgan fingerprint density at radius 1 is 1.00 bits per heavy atom. The van der Waals surface area contributed by atoms with Crippen LogP contribution in [0.25, 0.3) is 0 Å². The Morgan fingerprint density at radius 3 is 2.14 bits per heavy atom. The first kappa shape index (κ1) is 30.5. The number of amides is 3. The highest BCUT2D eigenvalue weighted by Crippen LogP contribution is 2.28. The molecule has 1 aromatic rings. The van der Waals surface area contributed by atoms with E-state index in [0.29, 0.717) is 6.54 Å². The van der Waals surface area contributed by atoms with E-state index in [9.17, 15) is 14.4 Å². The Kier molecular flexibility index (Phi) is 11.3. The van der Waals surface area contributed by atoms with E-state index in [1.807, 2.05) is 52.8 Å². The van der Waals surface area contributed by atoms with Crippen LogP contribution in [0, 0.1) is 13.8 Å². The number of unbranched alkanes of at least 4 members (excludes halogenated alkanes) is 3.